The summed E-state index contributed by atoms with van der Waals surface area (Å²) in [6, 6.07) is 7.54. The molecule has 1 N–H and O–H groups in total. The van der Waals surface area contributed by atoms with Crippen LogP contribution in [0.4, 0.5) is 0 Å². The number of hydrogen-bond donors (Lipinski definition) is 1. The highest BCUT2D eigenvalue weighted by Gasteiger charge is 2.22. The van der Waals surface area contributed by atoms with Crippen molar-refractivity contribution in [2.75, 3.05) is 46.4 Å². The number of nitrogens with one attached hydrogen (secondary N) is 1. The number of para-hydroxylation sites is 1. The molecule has 3 amide bonds. The molecule has 30 heavy (non-hydrogen) atoms. The van der Waals surface area contributed by atoms with E-state index in [2.05, 4.69) is 5.32 Å². The van der Waals surface area contributed by atoms with Crippen LogP contribution in [0.1, 0.15) is 25.3 Å². The Morgan fingerprint density at radius 2 is 1.67 bits per heavy atom. The van der Waals surface area contributed by atoms with Crippen molar-refractivity contribution in [1.29, 1.82) is 0 Å². The summed E-state index contributed by atoms with van der Waals surface area (Å²) >= 11 is 0. The number of hydrogen-bond acceptors (Lipinski definition) is 6. The van der Waals surface area contributed by atoms with Crippen molar-refractivity contribution in [3.63, 3.8) is 0 Å². The van der Waals surface area contributed by atoms with E-state index in [-0.39, 0.29) is 31.3 Å². The monoisotopic (exact) mass is 419 g/mol. The van der Waals surface area contributed by atoms with Gasteiger partial charge in [-0.05, 0) is 18.1 Å². The lowest BCUT2D eigenvalue weighted by atomic mass is 10.1. The van der Waals surface area contributed by atoms with Gasteiger partial charge in [-0.3, -0.25) is 19.2 Å². The SMILES string of the molecule is COc1ccccc1CCNC(=O)COC(=O)CCC(=O)N1CCN(C(C)=O)CC1. The molecule has 9 nitrogen and oxygen atoms in total. The molecule has 0 radical (unpaired) electrons. The molecular weight excluding hydrogens is 390 g/mol. The number of methoxy groups -OCH3 is 1. The number of amides is 3. The quantitative estimate of drug-likeness (QED) is 0.580. The number of esters is 1. The molecule has 0 unspecified atom stereocenters. The number of rotatable bonds is 9. The van der Waals surface area contributed by atoms with Crippen molar-refractivity contribution in [3.8, 4) is 5.75 Å². The predicted molar refractivity (Wildman–Crippen MR) is 109 cm³/mol. The molecule has 0 saturated carbocycles. The van der Waals surface area contributed by atoms with Crippen LogP contribution in [0.3, 0.4) is 0 Å². The van der Waals surface area contributed by atoms with Crippen LogP contribution in [-0.2, 0) is 30.3 Å². The van der Waals surface area contributed by atoms with Gasteiger partial charge in [0, 0.05) is 46.1 Å². The van der Waals surface area contributed by atoms with Crippen LogP contribution in [0, 0.1) is 0 Å². The number of carbonyl (C=O) groups is 4. The molecule has 1 aliphatic heterocycles. The van der Waals surface area contributed by atoms with Crippen LogP contribution in [0.15, 0.2) is 24.3 Å². The molecule has 1 saturated heterocycles. The number of nitrogens with zero attached hydrogens (tertiary/aromatic N) is 2. The summed E-state index contributed by atoms with van der Waals surface area (Å²) < 4.78 is 10.2. The highest BCUT2D eigenvalue weighted by molar-refractivity contribution is 5.84. The summed E-state index contributed by atoms with van der Waals surface area (Å²) in [5.41, 5.74) is 0.972. The fourth-order valence-electron chi connectivity index (χ4n) is 3.15. The van der Waals surface area contributed by atoms with E-state index in [4.69, 9.17) is 9.47 Å². The normalized spacial score (nSPS) is 13.5. The molecule has 9 heteroatoms. The zero-order valence-corrected chi connectivity index (χ0v) is 17.5. The van der Waals surface area contributed by atoms with E-state index in [0.717, 1.165) is 11.3 Å². The topological polar surface area (TPSA) is 105 Å². The van der Waals surface area contributed by atoms with Gasteiger partial charge in [0.05, 0.1) is 13.5 Å². The van der Waals surface area contributed by atoms with Gasteiger partial charge < -0.3 is 24.6 Å². The Labute approximate surface area is 176 Å². The highest BCUT2D eigenvalue weighted by Crippen LogP contribution is 2.17. The van der Waals surface area contributed by atoms with E-state index in [0.29, 0.717) is 39.1 Å². The average molecular weight is 419 g/mol. The van der Waals surface area contributed by atoms with Gasteiger partial charge in [-0.25, -0.2) is 0 Å². The number of benzene rings is 1. The molecule has 0 spiro atoms. The first kappa shape index (κ1) is 23.2. The number of piperazine rings is 1. The number of ether oxygens (including phenoxy) is 2. The van der Waals surface area contributed by atoms with E-state index >= 15 is 0 Å². The zero-order chi connectivity index (χ0) is 21.9. The van der Waals surface area contributed by atoms with Crippen LogP contribution in [0.25, 0.3) is 0 Å². The van der Waals surface area contributed by atoms with Gasteiger partial charge in [-0.15, -0.1) is 0 Å². The maximum absolute atomic E-state index is 12.2. The van der Waals surface area contributed by atoms with Crippen molar-refractivity contribution < 1.29 is 28.7 Å². The Morgan fingerprint density at radius 1 is 1.00 bits per heavy atom. The second-order valence-electron chi connectivity index (χ2n) is 6.96. The molecule has 1 aromatic carbocycles. The lowest BCUT2D eigenvalue weighted by Crippen LogP contribution is -2.50. The van der Waals surface area contributed by atoms with Gasteiger partial charge in [0.1, 0.15) is 5.75 Å². The second kappa shape index (κ2) is 11.8. The predicted octanol–water partition coefficient (Wildman–Crippen LogP) is 0.368. The Morgan fingerprint density at radius 3 is 2.33 bits per heavy atom. The molecule has 1 fully saturated rings. The zero-order valence-electron chi connectivity index (χ0n) is 17.5. The first-order valence-corrected chi connectivity index (χ1v) is 9.98. The minimum Gasteiger partial charge on any atom is -0.496 e. The van der Waals surface area contributed by atoms with Crippen LogP contribution in [-0.4, -0.2) is 79.9 Å². The van der Waals surface area contributed by atoms with Crippen molar-refractivity contribution in [1.82, 2.24) is 15.1 Å². The van der Waals surface area contributed by atoms with Gasteiger partial charge in [-0.1, -0.05) is 18.2 Å². The van der Waals surface area contributed by atoms with Crippen LogP contribution in [0.5, 0.6) is 5.75 Å². The molecule has 164 valence electrons. The van der Waals surface area contributed by atoms with Crippen molar-refractivity contribution >= 4 is 23.7 Å². The van der Waals surface area contributed by atoms with Gasteiger partial charge in [-0.2, -0.15) is 0 Å². The first-order chi connectivity index (χ1) is 14.4. The summed E-state index contributed by atoms with van der Waals surface area (Å²) in [7, 11) is 1.59. The fraction of sp³-hybridized carbons (Fsp3) is 0.524. The van der Waals surface area contributed by atoms with E-state index < -0.39 is 11.9 Å². The molecule has 1 heterocycles. The third-order valence-electron chi connectivity index (χ3n) is 4.89. The molecule has 2 rings (SSSR count). The minimum atomic E-state index is -0.592. The molecular formula is C21H29N3O6. The Bertz CT molecular complexity index is 759. The standard InChI is InChI=1S/C21H29N3O6/c1-16(25)23-11-13-24(14-12-23)20(27)7-8-21(28)30-15-19(26)22-10-9-17-5-3-4-6-18(17)29-2/h3-6H,7-15H2,1-2H3,(H,22,26). The van der Waals surface area contributed by atoms with E-state index in [9.17, 15) is 19.2 Å². The summed E-state index contributed by atoms with van der Waals surface area (Å²) in [5, 5.41) is 2.69. The van der Waals surface area contributed by atoms with Crippen molar-refractivity contribution in [2.24, 2.45) is 0 Å². The summed E-state index contributed by atoms with van der Waals surface area (Å²) in [6.07, 6.45) is 0.531. The lowest BCUT2D eigenvalue weighted by molar-refractivity contribution is -0.150. The molecule has 1 aliphatic rings. The van der Waals surface area contributed by atoms with Gasteiger partial charge in [0.2, 0.25) is 11.8 Å². The molecule has 0 aliphatic carbocycles. The first-order valence-electron chi connectivity index (χ1n) is 9.98. The van der Waals surface area contributed by atoms with Crippen molar-refractivity contribution in [2.45, 2.75) is 26.2 Å². The van der Waals surface area contributed by atoms with Gasteiger partial charge in [0.25, 0.3) is 5.91 Å². The van der Waals surface area contributed by atoms with Crippen LogP contribution in [0.2, 0.25) is 0 Å². The largest absolute Gasteiger partial charge is 0.496 e. The van der Waals surface area contributed by atoms with E-state index in [1.807, 2.05) is 24.3 Å². The molecule has 0 bridgehead atoms. The maximum atomic E-state index is 12.2. The van der Waals surface area contributed by atoms with E-state index in [1.54, 1.807) is 16.9 Å². The van der Waals surface area contributed by atoms with E-state index in [1.165, 1.54) is 6.92 Å². The second-order valence-corrected chi connectivity index (χ2v) is 6.96. The lowest BCUT2D eigenvalue weighted by Gasteiger charge is -2.34. The third-order valence-corrected chi connectivity index (χ3v) is 4.89. The molecule has 1 aromatic rings. The fourth-order valence-corrected chi connectivity index (χ4v) is 3.15. The smallest absolute Gasteiger partial charge is 0.306 e. The Kier molecular flexibility index (Phi) is 9.11. The van der Waals surface area contributed by atoms with Crippen LogP contribution < -0.4 is 10.1 Å². The summed E-state index contributed by atoms with van der Waals surface area (Å²) in [4.78, 5) is 50.4. The Hall–Kier alpha value is -3.10. The third kappa shape index (κ3) is 7.38. The maximum Gasteiger partial charge on any atom is 0.306 e. The van der Waals surface area contributed by atoms with Crippen LogP contribution >= 0.6 is 0 Å². The minimum absolute atomic E-state index is 0.00754. The molecule has 0 atom stereocenters. The molecule has 0 aromatic heterocycles. The van der Waals surface area contributed by atoms with Gasteiger partial charge in [0.15, 0.2) is 6.61 Å². The number of carbonyl (C=O) groups excluding carboxylic acids is 4. The van der Waals surface area contributed by atoms with Crippen molar-refractivity contribution in [3.05, 3.63) is 29.8 Å². The average Bonchev–Trinajstić information content (AvgIpc) is 2.76. The van der Waals surface area contributed by atoms with Gasteiger partial charge >= 0.3 is 5.97 Å². The summed E-state index contributed by atoms with van der Waals surface area (Å²) in [5.74, 6) is -0.399. The highest BCUT2D eigenvalue weighted by atomic mass is 16.5. The Balaban J connectivity index is 1.59. The summed E-state index contributed by atoms with van der Waals surface area (Å²) in [6.45, 7) is 3.44.